The Morgan fingerprint density at radius 1 is 0.472 bits per heavy atom. The Morgan fingerprint density at radius 2 is 0.722 bits per heavy atom. The van der Waals surface area contributed by atoms with Crippen LogP contribution in [0.5, 0.6) is 0 Å². The molecule has 0 aromatic carbocycles. The van der Waals surface area contributed by atoms with Gasteiger partial charge in [0, 0.05) is 95.7 Å². The minimum atomic E-state index is -1.09. The second kappa shape index (κ2) is 16.1. The van der Waals surface area contributed by atoms with Crippen molar-refractivity contribution in [1.82, 2.24) is 4.90 Å². The van der Waals surface area contributed by atoms with Gasteiger partial charge in [-0.1, -0.05) is 0 Å². The molecule has 0 bridgehead atoms. The van der Waals surface area contributed by atoms with E-state index >= 15 is 0 Å². The zero-order valence-corrected chi connectivity index (χ0v) is 20.1. The minimum absolute atomic E-state index is 0.0410. The van der Waals surface area contributed by atoms with Crippen molar-refractivity contribution in [3.63, 3.8) is 0 Å². The third-order valence-corrected chi connectivity index (χ3v) is 5.55. The molecule has 196 valence electrons. The minimum Gasteiger partial charge on any atom is -0.481 e. The lowest BCUT2D eigenvalue weighted by atomic mass is 10.0. The first-order valence-electron chi connectivity index (χ1n) is 11.8. The predicted molar refractivity (Wildman–Crippen MR) is 124 cm³/mol. The van der Waals surface area contributed by atoms with Crippen molar-refractivity contribution < 1.29 is 48.3 Å². The summed E-state index contributed by atoms with van der Waals surface area (Å²) in [5.41, 5.74) is 0. The standard InChI is InChI=1S/C25H31NO10/c27-17(3-4-19(29)7-8-21(31)11-14-25(35)36)1-2-18(28)5-6-20(30)9-10-22(32)15-16-26-23(33)12-13-24(26)34/h12-13H,1-11,14-16H2,(H,35,36). The first-order chi connectivity index (χ1) is 17.0. The summed E-state index contributed by atoms with van der Waals surface area (Å²) in [5.74, 6) is -3.76. The fraction of sp³-hybridized carbons (Fsp3) is 0.560. The van der Waals surface area contributed by atoms with Gasteiger partial charge in [-0.15, -0.1) is 0 Å². The van der Waals surface area contributed by atoms with Gasteiger partial charge in [0.25, 0.3) is 11.8 Å². The Hall–Kier alpha value is -3.63. The molecule has 0 fully saturated rings. The van der Waals surface area contributed by atoms with Gasteiger partial charge in [0.1, 0.15) is 34.7 Å². The Balaban J connectivity index is 2.11. The van der Waals surface area contributed by atoms with Crippen molar-refractivity contribution >= 4 is 52.5 Å². The van der Waals surface area contributed by atoms with E-state index in [1.807, 2.05) is 0 Å². The van der Waals surface area contributed by atoms with Crippen molar-refractivity contribution in [2.45, 2.75) is 83.5 Å². The maximum atomic E-state index is 11.9. The molecule has 0 radical (unpaired) electrons. The summed E-state index contributed by atoms with van der Waals surface area (Å²) in [7, 11) is 0. The summed E-state index contributed by atoms with van der Waals surface area (Å²) in [5, 5.41) is 8.51. The lowest BCUT2D eigenvalue weighted by molar-refractivity contribution is -0.139. The lowest BCUT2D eigenvalue weighted by Crippen LogP contribution is -2.32. The highest BCUT2D eigenvalue weighted by molar-refractivity contribution is 6.13. The third kappa shape index (κ3) is 13.3. The topological polar surface area (TPSA) is 177 Å². The second-order valence-corrected chi connectivity index (χ2v) is 8.54. The molecule has 0 aromatic heterocycles. The molecule has 0 aliphatic carbocycles. The average molecular weight is 506 g/mol. The lowest BCUT2D eigenvalue weighted by Gasteiger charge is -2.12. The summed E-state index contributed by atoms with van der Waals surface area (Å²) in [4.78, 5) is 105. The van der Waals surface area contributed by atoms with Crippen molar-refractivity contribution in [3.05, 3.63) is 12.2 Å². The molecule has 2 amide bonds. The number of imide groups is 1. The number of carbonyl (C=O) groups is 9. The quantitative estimate of drug-likeness (QED) is 0.225. The van der Waals surface area contributed by atoms with E-state index in [-0.39, 0.29) is 125 Å². The summed E-state index contributed by atoms with van der Waals surface area (Å²) < 4.78 is 0. The van der Waals surface area contributed by atoms with Gasteiger partial charge in [0.05, 0.1) is 6.42 Å². The van der Waals surface area contributed by atoms with Crippen LogP contribution in [-0.4, -0.2) is 69.0 Å². The Morgan fingerprint density at radius 3 is 1.00 bits per heavy atom. The molecular weight excluding hydrogens is 474 g/mol. The average Bonchev–Trinajstić information content (AvgIpc) is 3.16. The molecule has 1 heterocycles. The van der Waals surface area contributed by atoms with Gasteiger partial charge in [0.15, 0.2) is 0 Å². The van der Waals surface area contributed by atoms with Crippen molar-refractivity contribution in [2.24, 2.45) is 0 Å². The smallest absolute Gasteiger partial charge is 0.303 e. The summed E-state index contributed by atoms with van der Waals surface area (Å²) in [6, 6.07) is 0. The zero-order chi connectivity index (χ0) is 27.1. The van der Waals surface area contributed by atoms with Crippen molar-refractivity contribution in [2.75, 3.05) is 6.54 Å². The number of carboxylic acids is 1. The first kappa shape index (κ1) is 30.4. The Bertz CT molecular complexity index is 928. The van der Waals surface area contributed by atoms with Crippen LogP contribution >= 0.6 is 0 Å². The van der Waals surface area contributed by atoms with E-state index in [1.165, 1.54) is 0 Å². The summed E-state index contributed by atoms with van der Waals surface area (Å²) in [6.07, 6.45) is 1.24. The summed E-state index contributed by atoms with van der Waals surface area (Å²) >= 11 is 0. The van der Waals surface area contributed by atoms with Crippen molar-refractivity contribution in [1.29, 1.82) is 0 Å². The SMILES string of the molecule is O=C(O)CCC(=O)CCC(=O)CCC(=O)CCC(=O)CCC(=O)CCC(=O)CCN1C(=O)C=CC1=O. The molecule has 0 saturated carbocycles. The molecular formula is C25H31NO10. The molecule has 1 rings (SSSR count). The number of aliphatic carboxylic acids is 1. The van der Waals surface area contributed by atoms with E-state index in [0.717, 1.165) is 17.1 Å². The molecule has 11 nitrogen and oxygen atoms in total. The van der Waals surface area contributed by atoms with Crippen LogP contribution in [0.1, 0.15) is 83.5 Å². The Kier molecular flexibility index (Phi) is 13.6. The number of rotatable bonds is 21. The van der Waals surface area contributed by atoms with Gasteiger partial charge in [-0.2, -0.15) is 0 Å². The molecule has 0 saturated heterocycles. The van der Waals surface area contributed by atoms with Crippen LogP contribution in [-0.2, 0) is 43.2 Å². The molecule has 11 heteroatoms. The van der Waals surface area contributed by atoms with Crippen LogP contribution in [0.4, 0.5) is 0 Å². The number of carbonyl (C=O) groups excluding carboxylic acids is 8. The molecule has 0 spiro atoms. The number of ketones is 6. The predicted octanol–water partition coefficient (Wildman–Crippen LogP) is 1.48. The number of amides is 2. The number of hydrogen-bond acceptors (Lipinski definition) is 9. The molecule has 1 aliphatic heterocycles. The highest BCUT2D eigenvalue weighted by atomic mass is 16.4. The number of nitrogens with zero attached hydrogens (tertiary/aromatic N) is 1. The molecule has 0 atom stereocenters. The van der Waals surface area contributed by atoms with Crippen LogP contribution in [0.2, 0.25) is 0 Å². The van der Waals surface area contributed by atoms with Crippen molar-refractivity contribution in [3.8, 4) is 0 Å². The zero-order valence-electron chi connectivity index (χ0n) is 20.1. The van der Waals surface area contributed by atoms with E-state index in [9.17, 15) is 43.2 Å². The van der Waals surface area contributed by atoms with Gasteiger partial charge >= 0.3 is 5.97 Å². The maximum Gasteiger partial charge on any atom is 0.303 e. The molecule has 1 N–H and O–H groups in total. The Labute approximate surface area is 208 Å². The van der Waals surface area contributed by atoms with Gasteiger partial charge < -0.3 is 5.11 Å². The fourth-order valence-electron chi connectivity index (χ4n) is 3.28. The van der Waals surface area contributed by atoms with Gasteiger partial charge in [-0.3, -0.25) is 48.1 Å². The summed E-state index contributed by atoms with van der Waals surface area (Å²) in [6.45, 7) is -0.0410. The van der Waals surface area contributed by atoms with E-state index in [1.54, 1.807) is 0 Å². The number of hydrogen-bond donors (Lipinski definition) is 1. The van der Waals surface area contributed by atoms with E-state index in [4.69, 9.17) is 5.11 Å². The highest BCUT2D eigenvalue weighted by Crippen LogP contribution is 2.10. The van der Waals surface area contributed by atoms with Crippen LogP contribution in [0.25, 0.3) is 0 Å². The van der Waals surface area contributed by atoms with Gasteiger partial charge in [-0.05, 0) is 0 Å². The van der Waals surface area contributed by atoms with Crippen LogP contribution in [0, 0.1) is 0 Å². The van der Waals surface area contributed by atoms with Crippen LogP contribution in [0.15, 0.2) is 12.2 Å². The van der Waals surface area contributed by atoms with Gasteiger partial charge in [-0.25, -0.2) is 0 Å². The molecule has 36 heavy (non-hydrogen) atoms. The van der Waals surface area contributed by atoms with E-state index < -0.39 is 17.8 Å². The highest BCUT2D eigenvalue weighted by Gasteiger charge is 2.23. The van der Waals surface area contributed by atoms with E-state index in [0.29, 0.717) is 0 Å². The van der Waals surface area contributed by atoms with Gasteiger partial charge in [0.2, 0.25) is 0 Å². The number of Topliss-reactive ketones (excluding diaryl/α,β-unsaturated/α-hetero) is 6. The maximum absolute atomic E-state index is 11.9. The molecule has 0 aromatic rings. The van der Waals surface area contributed by atoms with Crippen LogP contribution < -0.4 is 0 Å². The monoisotopic (exact) mass is 505 g/mol. The number of carboxylic acid groups (broad SMARTS) is 1. The van der Waals surface area contributed by atoms with Crippen LogP contribution in [0.3, 0.4) is 0 Å². The first-order valence-corrected chi connectivity index (χ1v) is 11.8. The molecule has 0 unspecified atom stereocenters. The molecule has 1 aliphatic rings. The second-order valence-electron chi connectivity index (χ2n) is 8.54. The van der Waals surface area contributed by atoms with E-state index in [2.05, 4.69) is 0 Å². The largest absolute Gasteiger partial charge is 0.481 e. The third-order valence-electron chi connectivity index (χ3n) is 5.55. The fourth-order valence-corrected chi connectivity index (χ4v) is 3.28. The normalized spacial score (nSPS) is 12.6.